The highest BCUT2D eigenvalue weighted by atomic mass is 35.5. The van der Waals surface area contributed by atoms with Crippen LogP contribution in [0.4, 0.5) is 5.88 Å². The number of nitrogens with zero attached hydrogens (tertiary/aromatic N) is 2. The quantitative estimate of drug-likeness (QED) is 0.338. The van der Waals surface area contributed by atoms with Crippen LogP contribution >= 0.6 is 23.2 Å². The minimum atomic E-state index is -3.95. The predicted octanol–water partition coefficient (Wildman–Crippen LogP) is 6.12. The molecule has 1 heterocycles. The molecule has 0 radical (unpaired) electrons. The number of benzene rings is 3. The maximum atomic E-state index is 13.4. The summed E-state index contributed by atoms with van der Waals surface area (Å²) < 4.78 is 32.8. The number of hydrogen-bond donors (Lipinski definition) is 0. The van der Waals surface area contributed by atoms with E-state index in [0.717, 1.165) is 5.56 Å². The van der Waals surface area contributed by atoms with Gasteiger partial charge in [0.05, 0.1) is 4.90 Å². The lowest BCUT2D eigenvalue weighted by molar-refractivity contribution is 0.554. The first-order valence-electron chi connectivity index (χ1n) is 9.37. The van der Waals surface area contributed by atoms with Gasteiger partial charge in [0.25, 0.3) is 0 Å². The second-order valence-corrected chi connectivity index (χ2v) is 9.67. The molecule has 0 aliphatic carbocycles. The molecule has 5 nitrogen and oxygen atoms in total. The van der Waals surface area contributed by atoms with Crippen LogP contribution in [-0.4, -0.2) is 20.4 Å². The molecule has 8 heteroatoms. The van der Waals surface area contributed by atoms with Gasteiger partial charge in [0.2, 0.25) is 26.6 Å². The largest absolute Gasteiger partial charge is 0.419 e. The maximum Gasteiger partial charge on any atom is 0.236 e. The maximum absolute atomic E-state index is 13.4. The van der Waals surface area contributed by atoms with Crippen molar-refractivity contribution >= 4 is 38.9 Å². The van der Waals surface area contributed by atoms with E-state index < -0.39 is 9.84 Å². The third-order valence-corrected chi connectivity index (χ3v) is 6.83. The Kier molecular flexibility index (Phi) is 6.05. The molecule has 0 unspecified atom stereocenters. The lowest BCUT2D eigenvalue weighted by atomic mass is 10.2. The van der Waals surface area contributed by atoms with Gasteiger partial charge in [0, 0.05) is 29.2 Å². The number of sulfone groups is 1. The average molecular weight is 473 g/mol. The van der Waals surface area contributed by atoms with Crippen LogP contribution in [0.1, 0.15) is 5.56 Å². The first-order chi connectivity index (χ1) is 14.8. The molecule has 0 saturated heterocycles. The number of anilines is 1. The first-order valence-corrected chi connectivity index (χ1v) is 11.6. The molecule has 3 aromatic carbocycles. The van der Waals surface area contributed by atoms with Gasteiger partial charge in [-0.25, -0.2) is 8.42 Å². The third kappa shape index (κ3) is 4.61. The van der Waals surface area contributed by atoms with E-state index >= 15 is 0 Å². The first kappa shape index (κ1) is 21.4. The summed E-state index contributed by atoms with van der Waals surface area (Å²) in [6.07, 6.45) is 0. The van der Waals surface area contributed by atoms with E-state index in [-0.39, 0.29) is 21.7 Å². The zero-order valence-electron chi connectivity index (χ0n) is 16.5. The fourth-order valence-corrected chi connectivity index (χ4v) is 4.68. The van der Waals surface area contributed by atoms with E-state index in [9.17, 15) is 8.42 Å². The molecule has 0 bridgehead atoms. The Bertz CT molecular complexity index is 1290. The summed E-state index contributed by atoms with van der Waals surface area (Å²) in [4.78, 5) is 6.18. The molecule has 0 saturated carbocycles. The fourth-order valence-electron chi connectivity index (χ4n) is 3.08. The summed E-state index contributed by atoms with van der Waals surface area (Å²) in [5, 5.41) is 0.853. The SMILES string of the molecule is CN(Cc1ccccc1)c1oc(-c2ccc(Cl)cc2)nc1S(=O)(=O)c1ccc(Cl)cc1. The zero-order chi connectivity index (χ0) is 22.0. The van der Waals surface area contributed by atoms with Crippen LogP contribution in [0.5, 0.6) is 0 Å². The van der Waals surface area contributed by atoms with E-state index in [2.05, 4.69) is 4.98 Å². The Morgan fingerprint density at radius 2 is 1.45 bits per heavy atom. The molecule has 0 fully saturated rings. The molecule has 0 aliphatic rings. The smallest absolute Gasteiger partial charge is 0.236 e. The van der Waals surface area contributed by atoms with Crippen molar-refractivity contribution in [2.75, 3.05) is 11.9 Å². The van der Waals surface area contributed by atoms with Crippen molar-refractivity contribution in [2.24, 2.45) is 0 Å². The molecular weight excluding hydrogens is 455 g/mol. The molecular formula is C23H18Cl2N2O3S. The normalized spacial score (nSPS) is 11.5. The topological polar surface area (TPSA) is 63.4 Å². The summed E-state index contributed by atoms with van der Waals surface area (Å²) in [5.74, 6) is 0.350. The van der Waals surface area contributed by atoms with Gasteiger partial charge in [0.15, 0.2) is 0 Å². The zero-order valence-corrected chi connectivity index (χ0v) is 18.8. The summed E-state index contributed by atoms with van der Waals surface area (Å²) >= 11 is 11.9. The third-order valence-electron chi connectivity index (χ3n) is 4.66. The minimum Gasteiger partial charge on any atom is -0.419 e. The van der Waals surface area contributed by atoms with Crippen molar-refractivity contribution in [3.8, 4) is 11.5 Å². The van der Waals surface area contributed by atoms with Gasteiger partial charge < -0.3 is 9.32 Å². The second-order valence-electron chi connectivity index (χ2n) is 6.94. The summed E-state index contributed by atoms with van der Waals surface area (Å²) in [5.41, 5.74) is 1.63. The van der Waals surface area contributed by atoms with Gasteiger partial charge in [-0.2, -0.15) is 4.98 Å². The molecule has 0 amide bonds. The molecule has 0 atom stereocenters. The van der Waals surface area contributed by atoms with E-state index in [1.54, 1.807) is 36.2 Å². The second kappa shape index (κ2) is 8.75. The Balaban J connectivity index is 1.81. The van der Waals surface area contributed by atoms with Gasteiger partial charge in [-0.1, -0.05) is 53.5 Å². The number of rotatable bonds is 6. The van der Waals surface area contributed by atoms with E-state index in [1.165, 1.54) is 24.3 Å². The van der Waals surface area contributed by atoms with Gasteiger partial charge in [-0.05, 0) is 54.1 Å². The van der Waals surface area contributed by atoms with Gasteiger partial charge in [0.1, 0.15) is 0 Å². The Morgan fingerprint density at radius 1 is 0.871 bits per heavy atom. The van der Waals surface area contributed by atoms with Crippen molar-refractivity contribution in [2.45, 2.75) is 16.5 Å². The van der Waals surface area contributed by atoms with Crippen LogP contribution in [0.15, 0.2) is 93.2 Å². The van der Waals surface area contributed by atoms with E-state index in [1.807, 2.05) is 30.3 Å². The molecule has 0 spiro atoms. The predicted molar refractivity (Wildman–Crippen MR) is 122 cm³/mol. The van der Waals surface area contributed by atoms with Gasteiger partial charge in [-0.15, -0.1) is 0 Å². The van der Waals surface area contributed by atoms with Crippen molar-refractivity contribution in [1.82, 2.24) is 4.98 Å². The molecule has 0 N–H and O–H groups in total. The minimum absolute atomic E-state index is 0.0854. The van der Waals surface area contributed by atoms with Gasteiger partial charge >= 0.3 is 0 Å². The van der Waals surface area contributed by atoms with Crippen LogP contribution < -0.4 is 4.90 Å². The van der Waals surface area contributed by atoms with Gasteiger partial charge in [-0.3, -0.25) is 0 Å². The Hall–Kier alpha value is -2.80. The van der Waals surface area contributed by atoms with Crippen LogP contribution in [0.3, 0.4) is 0 Å². The molecule has 4 rings (SSSR count). The highest BCUT2D eigenvalue weighted by molar-refractivity contribution is 7.91. The van der Waals surface area contributed by atoms with Crippen molar-refractivity contribution in [3.05, 3.63) is 94.5 Å². The number of halogens is 2. The lowest BCUT2D eigenvalue weighted by Crippen LogP contribution is -2.18. The molecule has 0 aliphatic heterocycles. The number of hydrogen-bond acceptors (Lipinski definition) is 5. The molecule has 158 valence electrons. The summed E-state index contributed by atoms with van der Waals surface area (Å²) in [6, 6.07) is 22.5. The molecule has 4 aromatic rings. The monoisotopic (exact) mass is 472 g/mol. The summed E-state index contributed by atoms with van der Waals surface area (Å²) in [7, 11) is -2.19. The van der Waals surface area contributed by atoms with Crippen molar-refractivity contribution in [3.63, 3.8) is 0 Å². The lowest BCUT2D eigenvalue weighted by Gasteiger charge is -2.17. The molecule has 1 aromatic heterocycles. The molecule has 31 heavy (non-hydrogen) atoms. The van der Waals surface area contributed by atoms with E-state index in [4.69, 9.17) is 27.6 Å². The summed E-state index contributed by atoms with van der Waals surface area (Å²) in [6.45, 7) is 0.444. The Labute approximate surface area is 190 Å². The van der Waals surface area contributed by atoms with Crippen LogP contribution in [0.25, 0.3) is 11.5 Å². The van der Waals surface area contributed by atoms with E-state index in [0.29, 0.717) is 22.2 Å². The Morgan fingerprint density at radius 3 is 2.06 bits per heavy atom. The van der Waals surface area contributed by atoms with Crippen LogP contribution in [-0.2, 0) is 16.4 Å². The van der Waals surface area contributed by atoms with Crippen LogP contribution in [0, 0.1) is 0 Å². The highest BCUT2D eigenvalue weighted by Crippen LogP contribution is 2.35. The number of oxazole rings is 1. The average Bonchev–Trinajstić information content (AvgIpc) is 3.22. The van der Waals surface area contributed by atoms with Crippen LogP contribution in [0.2, 0.25) is 10.0 Å². The fraction of sp³-hybridized carbons (Fsp3) is 0.0870. The standard InChI is InChI=1S/C23H18Cl2N2O3S/c1-27(15-16-5-3-2-4-6-16)23-22(31(28,29)20-13-11-19(25)12-14-20)26-21(30-23)17-7-9-18(24)10-8-17/h2-14H,15H2,1H3. The highest BCUT2D eigenvalue weighted by Gasteiger charge is 2.30. The number of aromatic nitrogens is 1. The van der Waals surface area contributed by atoms with Crippen molar-refractivity contribution < 1.29 is 12.8 Å². The van der Waals surface area contributed by atoms with Crippen molar-refractivity contribution in [1.29, 1.82) is 0 Å².